The fourth-order valence-corrected chi connectivity index (χ4v) is 2.82. The number of hydrogen-bond acceptors (Lipinski definition) is 4. The highest BCUT2D eigenvalue weighted by molar-refractivity contribution is 7.89. The number of nitrogens with zero attached hydrogens (tertiary/aromatic N) is 3. The van der Waals surface area contributed by atoms with E-state index in [1.54, 1.807) is 4.90 Å². The fraction of sp³-hybridized carbons (Fsp3) is 0.667. The molecule has 0 fully saturated rings. The van der Waals surface area contributed by atoms with E-state index in [1.807, 2.05) is 20.8 Å². The quantitative estimate of drug-likeness (QED) is 0.793. The maximum atomic E-state index is 12.3. The van der Waals surface area contributed by atoms with Crippen LogP contribution in [-0.2, 0) is 21.2 Å². The third-order valence-corrected chi connectivity index (χ3v) is 4.82. The average Bonchev–Trinajstić information content (AvgIpc) is 2.89. The van der Waals surface area contributed by atoms with Gasteiger partial charge in [0.2, 0.25) is 5.91 Å². The van der Waals surface area contributed by atoms with Gasteiger partial charge in [-0.2, -0.15) is 4.31 Å². The van der Waals surface area contributed by atoms with Crippen molar-refractivity contribution < 1.29 is 13.2 Å². The Morgan fingerprint density at radius 1 is 1.30 bits per heavy atom. The zero-order chi connectivity index (χ0) is 15.3. The Hall–Kier alpha value is -1.41. The van der Waals surface area contributed by atoms with Crippen LogP contribution in [0.15, 0.2) is 11.2 Å². The lowest BCUT2D eigenvalue weighted by atomic mass is 10.4. The van der Waals surface area contributed by atoms with Crippen LogP contribution in [0.2, 0.25) is 0 Å². The lowest BCUT2D eigenvalue weighted by molar-refractivity contribution is -0.130. The lowest BCUT2D eigenvalue weighted by Gasteiger charge is -2.22. The summed E-state index contributed by atoms with van der Waals surface area (Å²) in [6, 6.07) is 0. The molecule has 0 aliphatic carbocycles. The minimum absolute atomic E-state index is 0.0178. The van der Waals surface area contributed by atoms with Gasteiger partial charge in [-0.15, -0.1) is 0 Å². The van der Waals surface area contributed by atoms with E-state index in [0.29, 0.717) is 25.3 Å². The molecule has 1 aromatic heterocycles. The van der Waals surface area contributed by atoms with Gasteiger partial charge in [0.1, 0.15) is 5.82 Å². The molecule has 8 heteroatoms. The number of nitrogens with one attached hydrogen (secondary N) is 1. The van der Waals surface area contributed by atoms with Crippen LogP contribution in [0.5, 0.6) is 0 Å². The molecular formula is C12H22N4O3S. The molecule has 7 nitrogen and oxygen atoms in total. The zero-order valence-corrected chi connectivity index (χ0v) is 13.2. The van der Waals surface area contributed by atoms with Crippen LogP contribution in [-0.4, -0.2) is 60.2 Å². The van der Waals surface area contributed by atoms with Crippen molar-refractivity contribution in [3.8, 4) is 0 Å². The Morgan fingerprint density at radius 2 is 1.90 bits per heavy atom. The minimum atomic E-state index is -3.71. The van der Waals surface area contributed by atoms with Gasteiger partial charge in [0.15, 0.2) is 5.03 Å². The van der Waals surface area contributed by atoms with Crippen LogP contribution < -0.4 is 0 Å². The third kappa shape index (κ3) is 3.57. The SMILES string of the molecule is CCc1ncc(S(=O)(=O)N(C)CC(=O)N(CC)CC)[nH]1. The monoisotopic (exact) mass is 302 g/mol. The van der Waals surface area contributed by atoms with Crippen molar-refractivity contribution in [3.05, 3.63) is 12.0 Å². The molecule has 1 N–H and O–H groups in total. The molecule has 0 saturated carbocycles. The molecule has 114 valence electrons. The largest absolute Gasteiger partial charge is 0.342 e. The van der Waals surface area contributed by atoms with Gasteiger partial charge in [0, 0.05) is 26.6 Å². The molecule has 1 heterocycles. The molecule has 0 aromatic carbocycles. The van der Waals surface area contributed by atoms with E-state index in [2.05, 4.69) is 9.97 Å². The number of rotatable bonds is 7. The predicted molar refractivity (Wildman–Crippen MR) is 75.7 cm³/mol. The summed E-state index contributed by atoms with van der Waals surface area (Å²) in [4.78, 5) is 20.3. The first-order valence-corrected chi connectivity index (χ1v) is 8.08. The molecule has 20 heavy (non-hydrogen) atoms. The molecule has 1 aromatic rings. The highest BCUT2D eigenvalue weighted by Crippen LogP contribution is 2.12. The molecule has 0 spiro atoms. The van der Waals surface area contributed by atoms with Crippen LogP contribution in [0.25, 0.3) is 0 Å². The number of carbonyl (C=O) groups excluding carboxylic acids is 1. The summed E-state index contributed by atoms with van der Waals surface area (Å²) in [6.45, 7) is 6.55. The van der Waals surface area contributed by atoms with Crippen LogP contribution in [0.4, 0.5) is 0 Å². The topological polar surface area (TPSA) is 86.4 Å². The van der Waals surface area contributed by atoms with E-state index in [4.69, 9.17) is 0 Å². The normalized spacial score (nSPS) is 11.8. The number of aryl methyl sites for hydroxylation is 1. The van der Waals surface area contributed by atoms with E-state index in [9.17, 15) is 13.2 Å². The molecule has 1 rings (SSSR count). The number of imidazole rings is 1. The van der Waals surface area contributed by atoms with Gasteiger partial charge in [0.05, 0.1) is 12.7 Å². The van der Waals surface area contributed by atoms with E-state index in [-0.39, 0.29) is 17.5 Å². The molecule has 0 radical (unpaired) electrons. The Bertz CT molecular complexity index is 549. The van der Waals surface area contributed by atoms with E-state index in [1.165, 1.54) is 13.2 Å². The lowest BCUT2D eigenvalue weighted by Crippen LogP contribution is -2.41. The van der Waals surface area contributed by atoms with E-state index in [0.717, 1.165) is 4.31 Å². The van der Waals surface area contributed by atoms with Gasteiger partial charge in [-0.05, 0) is 13.8 Å². The molecule has 0 bridgehead atoms. The summed E-state index contributed by atoms with van der Waals surface area (Å²) in [7, 11) is -2.31. The summed E-state index contributed by atoms with van der Waals surface area (Å²) in [5.41, 5.74) is 0. The van der Waals surface area contributed by atoms with Gasteiger partial charge in [-0.1, -0.05) is 6.92 Å². The van der Waals surface area contributed by atoms with Gasteiger partial charge >= 0.3 is 0 Å². The summed E-state index contributed by atoms with van der Waals surface area (Å²) < 4.78 is 25.6. The number of hydrogen-bond donors (Lipinski definition) is 1. The average molecular weight is 302 g/mol. The van der Waals surface area contributed by atoms with Crippen molar-refractivity contribution in [1.82, 2.24) is 19.2 Å². The molecule has 1 amide bonds. The van der Waals surface area contributed by atoms with Crippen molar-refractivity contribution in [3.63, 3.8) is 0 Å². The van der Waals surface area contributed by atoms with Gasteiger partial charge in [0.25, 0.3) is 10.0 Å². The summed E-state index contributed by atoms with van der Waals surface area (Å²) >= 11 is 0. The predicted octanol–water partition coefficient (Wildman–Crippen LogP) is 0.461. The van der Waals surface area contributed by atoms with Crippen molar-refractivity contribution >= 4 is 15.9 Å². The van der Waals surface area contributed by atoms with Crippen LogP contribution in [0.3, 0.4) is 0 Å². The summed E-state index contributed by atoms with van der Waals surface area (Å²) in [5, 5.41) is 0.0178. The second-order valence-corrected chi connectivity index (χ2v) is 6.39. The molecule has 0 unspecified atom stereocenters. The highest BCUT2D eigenvalue weighted by atomic mass is 32.2. The Labute approximate surface area is 120 Å². The second-order valence-electron chi connectivity index (χ2n) is 4.37. The number of H-pyrrole nitrogens is 1. The molecule has 0 saturated heterocycles. The van der Waals surface area contributed by atoms with Crippen LogP contribution >= 0.6 is 0 Å². The van der Waals surface area contributed by atoms with Gasteiger partial charge < -0.3 is 9.88 Å². The number of aromatic nitrogens is 2. The first kappa shape index (κ1) is 16.6. The number of aromatic amines is 1. The molecule has 0 atom stereocenters. The molecule has 0 aliphatic heterocycles. The van der Waals surface area contributed by atoms with E-state index < -0.39 is 10.0 Å². The highest BCUT2D eigenvalue weighted by Gasteiger charge is 2.26. The van der Waals surface area contributed by atoms with Crippen molar-refractivity contribution in [2.75, 3.05) is 26.7 Å². The van der Waals surface area contributed by atoms with Crippen molar-refractivity contribution in [1.29, 1.82) is 0 Å². The maximum Gasteiger partial charge on any atom is 0.260 e. The second kappa shape index (κ2) is 6.85. The smallest absolute Gasteiger partial charge is 0.260 e. The standard InChI is InChI=1S/C12H22N4O3S/c1-5-10-13-8-11(14-10)20(18,19)15(4)9-12(17)16(6-2)7-3/h8H,5-7,9H2,1-4H3,(H,13,14). The summed E-state index contributed by atoms with van der Waals surface area (Å²) in [6.07, 6.45) is 1.91. The fourth-order valence-electron chi connectivity index (χ4n) is 1.77. The Morgan fingerprint density at radius 3 is 2.35 bits per heavy atom. The van der Waals surface area contributed by atoms with E-state index >= 15 is 0 Å². The number of amides is 1. The van der Waals surface area contributed by atoms with Crippen LogP contribution in [0.1, 0.15) is 26.6 Å². The Balaban J connectivity index is 2.84. The van der Waals surface area contributed by atoms with Crippen molar-refractivity contribution in [2.45, 2.75) is 32.2 Å². The molecule has 0 aliphatic rings. The van der Waals surface area contributed by atoms with Gasteiger partial charge in [-0.25, -0.2) is 13.4 Å². The first-order valence-electron chi connectivity index (χ1n) is 6.64. The van der Waals surface area contributed by atoms with Gasteiger partial charge in [-0.3, -0.25) is 4.79 Å². The summed E-state index contributed by atoms with van der Waals surface area (Å²) in [5.74, 6) is 0.392. The van der Waals surface area contributed by atoms with Crippen molar-refractivity contribution in [2.24, 2.45) is 0 Å². The first-order chi connectivity index (χ1) is 9.36. The Kier molecular flexibility index (Phi) is 5.70. The minimum Gasteiger partial charge on any atom is -0.342 e. The maximum absolute atomic E-state index is 12.3. The van der Waals surface area contributed by atoms with Crippen LogP contribution in [0, 0.1) is 0 Å². The molecular weight excluding hydrogens is 280 g/mol. The number of sulfonamides is 1. The zero-order valence-electron chi connectivity index (χ0n) is 12.4. The number of carbonyl (C=O) groups is 1. The number of likely N-dealkylation sites (N-methyl/N-ethyl adjacent to an activating group) is 2. The third-order valence-electron chi connectivity index (χ3n) is 3.10.